The van der Waals surface area contributed by atoms with Crippen LogP contribution in [0.2, 0.25) is 5.22 Å². The van der Waals surface area contributed by atoms with E-state index in [9.17, 15) is 4.39 Å². The molecule has 0 spiro atoms. The Bertz CT molecular complexity index is 515. The fourth-order valence-electron chi connectivity index (χ4n) is 1.45. The second-order valence-corrected chi connectivity index (χ2v) is 4.77. The van der Waals surface area contributed by atoms with Crippen molar-refractivity contribution in [3.63, 3.8) is 0 Å². The van der Waals surface area contributed by atoms with Gasteiger partial charge in [0, 0.05) is 11.0 Å². The molecule has 0 fully saturated rings. The van der Waals surface area contributed by atoms with Crippen LogP contribution in [0, 0.1) is 5.82 Å². The van der Waals surface area contributed by atoms with Crippen molar-refractivity contribution in [1.82, 2.24) is 5.32 Å². The highest BCUT2D eigenvalue weighted by atomic mass is 79.9. The van der Waals surface area contributed by atoms with E-state index >= 15 is 0 Å². The van der Waals surface area contributed by atoms with Gasteiger partial charge in [-0.2, -0.15) is 0 Å². The quantitative estimate of drug-likeness (QED) is 0.917. The molecule has 0 aliphatic heterocycles. The van der Waals surface area contributed by atoms with Crippen molar-refractivity contribution in [3.05, 3.63) is 57.2 Å². The van der Waals surface area contributed by atoms with Gasteiger partial charge in [0.1, 0.15) is 11.6 Å². The molecule has 1 aromatic heterocycles. The molecule has 2 aromatic rings. The Morgan fingerprint density at radius 3 is 2.76 bits per heavy atom. The molecule has 1 N–H and O–H groups in total. The van der Waals surface area contributed by atoms with Crippen molar-refractivity contribution < 1.29 is 8.81 Å². The number of halogens is 3. The van der Waals surface area contributed by atoms with E-state index < -0.39 is 0 Å². The summed E-state index contributed by atoms with van der Waals surface area (Å²) in [6, 6.07) is 8.09. The first kappa shape index (κ1) is 12.6. The van der Waals surface area contributed by atoms with E-state index in [1.54, 1.807) is 18.2 Å². The summed E-state index contributed by atoms with van der Waals surface area (Å²) in [5, 5.41) is 3.52. The fraction of sp³-hybridized carbons (Fsp3) is 0.167. The topological polar surface area (TPSA) is 25.2 Å². The SMILES string of the molecule is Fc1ccc(Br)c(CNCc2ccc(Cl)o2)c1. The van der Waals surface area contributed by atoms with Crippen molar-refractivity contribution in [2.45, 2.75) is 13.1 Å². The molecule has 0 amide bonds. The molecule has 17 heavy (non-hydrogen) atoms. The van der Waals surface area contributed by atoms with Crippen LogP contribution in [-0.4, -0.2) is 0 Å². The minimum atomic E-state index is -0.244. The molecule has 1 heterocycles. The highest BCUT2D eigenvalue weighted by Gasteiger charge is 2.03. The van der Waals surface area contributed by atoms with Gasteiger partial charge in [0.15, 0.2) is 5.22 Å². The van der Waals surface area contributed by atoms with Crippen molar-refractivity contribution >= 4 is 27.5 Å². The van der Waals surface area contributed by atoms with Crippen LogP contribution in [0.3, 0.4) is 0 Å². The van der Waals surface area contributed by atoms with Crippen molar-refractivity contribution in [2.75, 3.05) is 0 Å². The average Bonchev–Trinajstić information content (AvgIpc) is 2.69. The largest absolute Gasteiger partial charge is 0.448 e. The number of hydrogen-bond donors (Lipinski definition) is 1. The van der Waals surface area contributed by atoms with Gasteiger partial charge in [-0.15, -0.1) is 0 Å². The van der Waals surface area contributed by atoms with Crippen LogP contribution in [0.5, 0.6) is 0 Å². The first-order valence-corrected chi connectivity index (χ1v) is 6.21. The number of nitrogens with one attached hydrogen (secondary N) is 1. The molecular formula is C12H10BrClFNO. The van der Waals surface area contributed by atoms with E-state index in [2.05, 4.69) is 21.2 Å². The molecule has 90 valence electrons. The molecule has 0 unspecified atom stereocenters. The van der Waals surface area contributed by atoms with Crippen LogP contribution in [0.1, 0.15) is 11.3 Å². The highest BCUT2D eigenvalue weighted by Crippen LogP contribution is 2.18. The second-order valence-electron chi connectivity index (χ2n) is 3.55. The molecule has 0 aliphatic rings. The Morgan fingerprint density at radius 2 is 2.06 bits per heavy atom. The molecule has 0 saturated carbocycles. The Morgan fingerprint density at radius 1 is 1.24 bits per heavy atom. The third-order valence-electron chi connectivity index (χ3n) is 2.25. The van der Waals surface area contributed by atoms with Crippen LogP contribution in [0.25, 0.3) is 0 Å². The number of hydrogen-bond acceptors (Lipinski definition) is 2. The van der Waals surface area contributed by atoms with E-state index in [0.717, 1.165) is 15.8 Å². The maximum absolute atomic E-state index is 13.0. The third-order valence-corrected chi connectivity index (χ3v) is 3.23. The van der Waals surface area contributed by atoms with Crippen molar-refractivity contribution in [3.8, 4) is 0 Å². The Kier molecular flexibility index (Phi) is 4.20. The summed E-state index contributed by atoms with van der Waals surface area (Å²) in [6.45, 7) is 1.10. The third kappa shape index (κ3) is 3.56. The lowest BCUT2D eigenvalue weighted by Crippen LogP contribution is -2.12. The van der Waals surface area contributed by atoms with E-state index in [1.165, 1.54) is 12.1 Å². The Balaban J connectivity index is 1.91. The molecule has 2 rings (SSSR count). The number of rotatable bonds is 4. The van der Waals surface area contributed by atoms with Crippen LogP contribution in [0.4, 0.5) is 4.39 Å². The average molecular weight is 319 g/mol. The van der Waals surface area contributed by atoms with E-state index in [4.69, 9.17) is 16.0 Å². The standard InChI is InChI=1S/C12H10BrClFNO/c13-11-3-1-9(15)5-8(11)6-16-7-10-2-4-12(14)17-10/h1-5,16H,6-7H2. The lowest BCUT2D eigenvalue weighted by Gasteiger charge is -2.05. The van der Waals surface area contributed by atoms with Gasteiger partial charge in [-0.05, 0) is 47.5 Å². The van der Waals surface area contributed by atoms with E-state index in [1.807, 2.05) is 0 Å². The molecule has 0 atom stereocenters. The maximum Gasteiger partial charge on any atom is 0.193 e. The predicted octanol–water partition coefficient (Wildman–Crippen LogP) is 4.12. The van der Waals surface area contributed by atoms with Gasteiger partial charge in [0.2, 0.25) is 0 Å². The van der Waals surface area contributed by atoms with Gasteiger partial charge in [-0.1, -0.05) is 15.9 Å². The molecule has 1 aromatic carbocycles. The molecule has 0 aliphatic carbocycles. The molecule has 0 bridgehead atoms. The van der Waals surface area contributed by atoms with Gasteiger partial charge >= 0.3 is 0 Å². The normalized spacial score (nSPS) is 10.8. The summed E-state index contributed by atoms with van der Waals surface area (Å²) in [7, 11) is 0. The predicted molar refractivity (Wildman–Crippen MR) is 68.4 cm³/mol. The minimum Gasteiger partial charge on any atom is -0.448 e. The summed E-state index contributed by atoms with van der Waals surface area (Å²) in [4.78, 5) is 0. The van der Waals surface area contributed by atoms with Gasteiger partial charge in [0.05, 0.1) is 6.54 Å². The molecule has 5 heteroatoms. The number of benzene rings is 1. The summed E-state index contributed by atoms with van der Waals surface area (Å²) in [5.74, 6) is 0.508. The Hall–Kier alpha value is -0.840. The first-order chi connectivity index (χ1) is 8.15. The zero-order chi connectivity index (χ0) is 12.3. The van der Waals surface area contributed by atoms with Crippen LogP contribution in [-0.2, 0) is 13.1 Å². The Labute approximate surface area is 112 Å². The van der Waals surface area contributed by atoms with Gasteiger partial charge in [-0.25, -0.2) is 4.39 Å². The zero-order valence-corrected chi connectivity index (χ0v) is 11.2. The molecule has 0 saturated heterocycles. The second kappa shape index (κ2) is 5.67. The van der Waals surface area contributed by atoms with E-state index in [-0.39, 0.29) is 5.82 Å². The monoisotopic (exact) mass is 317 g/mol. The van der Waals surface area contributed by atoms with Gasteiger partial charge in [-0.3, -0.25) is 0 Å². The lowest BCUT2D eigenvalue weighted by molar-refractivity contribution is 0.484. The molecular weight excluding hydrogens is 308 g/mol. The van der Waals surface area contributed by atoms with Crippen LogP contribution < -0.4 is 5.32 Å². The van der Waals surface area contributed by atoms with E-state index in [0.29, 0.717) is 18.3 Å². The van der Waals surface area contributed by atoms with Crippen LogP contribution in [0.15, 0.2) is 39.2 Å². The van der Waals surface area contributed by atoms with Gasteiger partial charge < -0.3 is 9.73 Å². The summed E-state index contributed by atoms with van der Waals surface area (Å²) in [5.41, 5.74) is 0.864. The smallest absolute Gasteiger partial charge is 0.193 e. The van der Waals surface area contributed by atoms with Crippen LogP contribution >= 0.6 is 27.5 Å². The zero-order valence-electron chi connectivity index (χ0n) is 8.84. The first-order valence-electron chi connectivity index (χ1n) is 5.04. The van der Waals surface area contributed by atoms with Crippen molar-refractivity contribution in [2.24, 2.45) is 0 Å². The lowest BCUT2D eigenvalue weighted by atomic mass is 10.2. The minimum absolute atomic E-state index is 0.244. The maximum atomic E-state index is 13.0. The fourth-order valence-corrected chi connectivity index (χ4v) is 1.99. The summed E-state index contributed by atoms with van der Waals surface area (Å²) < 4.78 is 19.1. The highest BCUT2D eigenvalue weighted by molar-refractivity contribution is 9.10. The summed E-state index contributed by atoms with van der Waals surface area (Å²) in [6.07, 6.45) is 0. The van der Waals surface area contributed by atoms with Gasteiger partial charge in [0.25, 0.3) is 0 Å². The summed E-state index contributed by atoms with van der Waals surface area (Å²) >= 11 is 9.02. The number of furan rings is 1. The van der Waals surface area contributed by atoms with Crippen molar-refractivity contribution in [1.29, 1.82) is 0 Å². The molecule has 2 nitrogen and oxygen atoms in total. The molecule has 0 radical (unpaired) electrons.